The SMILES string of the molecule is FC(F)(F)c1cc(-c2ccccc2-n2c3ccc(-c4cc(-c5ccccc5-c5ccccc5)cc(-c5ccccc5-c5ccccc5C(F)(F)F)c4)cc3c3cc(-c4cc(-c5ccccc5-c5ccccc5)cc(-c5ccccc5-c5ccccc5C(F)(F)F)c4)ccc32)cc(C(F)(F)F)c1. The fourth-order valence-corrected chi connectivity index (χ4v) is 14.0. The van der Waals surface area contributed by atoms with Crippen LogP contribution in [0, 0.1) is 0 Å². The number of hydrogen-bond acceptors (Lipinski definition) is 0. The van der Waals surface area contributed by atoms with E-state index in [9.17, 15) is 52.7 Å². The second-order valence-electron chi connectivity index (χ2n) is 24.7. The standard InChI is InChI=1S/C88H53F12N/c89-85(90,91)65-49-64(50-66(53-65)86(92,93)94)73-31-17-20-38-82(73)101-83-41-39-56(58-43-60(69-27-9-7-25-67(69)54-21-3-1-4-22-54)47-62(45-58)71-29-11-13-32-74(71)76-34-15-18-36-80(76)87(95,96)97)51-78(83)79-52-57(40-42-84(79)101)59-44-61(70-28-10-8-26-68(70)55-23-5-2-6-24-55)48-63(46-59)72-30-12-14-33-75(72)77-35-16-19-37-81(77)88(98,99)100/h1-53H. The molecule has 15 rings (SSSR count). The third-order valence-electron chi connectivity index (χ3n) is 18.5. The van der Waals surface area contributed by atoms with E-state index >= 15 is 0 Å². The van der Waals surface area contributed by atoms with E-state index in [-0.39, 0.29) is 34.0 Å². The number of rotatable bonds is 12. The molecule has 0 saturated heterocycles. The van der Waals surface area contributed by atoms with E-state index in [1.165, 1.54) is 36.4 Å². The largest absolute Gasteiger partial charge is 0.417 e. The fourth-order valence-electron chi connectivity index (χ4n) is 14.0. The molecule has 1 nitrogen and oxygen atoms in total. The third kappa shape index (κ3) is 12.6. The number of nitrogens with zero attached hydrogens (tertiary/aromatic N) is 1. The average Bonchev–Trinajstić information content (AvgIpc) is 1.59. The summed E-state index contributed by atoms with van der Waals surface area (Å²) < 4.78 is 180. The van der Waals surface area contributed by atoms with Crippen LogP contribution in [0.25, 0.3) is 150 Å². The van der Waals surface area contributed by atoms with E-state index in [1.807, 2.05) is 182 Å². The highest BCUT2D eigenvalue weighted by molar-refractivity contribution is 6.13. The molecule has 1 aromatic heterocycles. The maximum absolute atomic E-state index is 15.0. The zero-order valence-electron chi connectivity index (χ0n) is 53.1. The van der Waals surface area contributed by atoms with Gasteiger partial charge < -0.3 is 4.57 Å². The van der Waals surface area contributed by atoms with Crippen LogP contribution in [-0.2, 0) is 24.7 Å². The number of benzene rings is 14. The Morgan fingerprint density at radius 1 is 0.178 bits per heavy atom. The molecule has 0 amide bonds. The molecule has 0 bridgehead atoms. The summed E-state index contributed by atoms with van der Waals surface area (Å²) in [5.74, 6) is 0. The predicted octanol–water partition coefficient (Wildman–Crippen LogP) is 27.2. The summed E-state index contributed by atoms with van der Waals surface area (Å²) in [7, 11) is 0. The van der Waals surface area contributed by atoms with Gasteiger partial charge in [-0.3, -0.25) is 0 Å². The first-order chi connectivity index (χ1) is 48.6. The van der Waals surface area contributed by atoms with Crippen molar-refractivity contribution in [2.45, 2.75) is 24.7 Å². The highest BCUT2D eigenvalue weighted by Gasteiger charge is 2.39. The quantitative estimate of drug-likeness (QED) is 0.107. The van der Waals surface area contributed by atoms with Gasteiger partial charge in [0.15, 0.2) is 0 Å². The average molecular weight is 1350 g/mol. The minimum atomic E-state index is -5.16. The molecule has 14 aromatic carbocycles. The van der Waals surface area contributed by atoms with E-state index < -0.39 is 47.0 Å². The van der Waals surface area contributed by atoms with Crippen molar-refractivity contribution in [2.75, 3.05) is 0 Å². The Morgan fingerprint density at radius 2 is 0.455 bits per heavy atom. The van der Waals surface area contributed by atoms with Crippen LogP contribution in [0.5, 0.6) is 0 Å². The number of hydrogen-bond donors (Lipinski definition) is 0. The van der Waals surface area contributed by atoms with Crippen molar-refractivity contribution in [3.63, 3.8) is 0 Å². The van der Waals surface area contributed by atoms with Gasteiger partial charge in [0.05, 0.1) is 39.0 Å². The first-order valence-electron chi connectivity index (χ1n) is 32.2. The first kappa shape index (κ1) is 65.0. The van der Waals surface area contributed by atoms with Gasteiger partial charge in [0.1, 0.15) is 0 Å². The molecule has 15 aromatic rings. The predicted molar refractivity (Wildman–Crippen MR) is 381 cm³/mol. The van der Waals surface area contributed by atoms with Gasteiger partial charge in [-0.05, 0) is 214 Å². The summed E-state index contributed by atoms with van der Waals surface area (Å²) in [5.41, 5.74) is 8.35. The van der Waals surface area contributed by atoms with Gasteiger partial charge in [0, 0.05) is 16.3 Å². The third-order valence-corrected chi connectivity index (χ3v) is 18.5. The Hall–Kier alpha value is -12.0. The van der Waals surface area contributed by atoms with Crippen LogP contribution in [0.15, 0.2) is 322 Å². The van der Waals surface area contributed by atoms with Crippen LogP contribution < -0.4 is 0 Å². The van der Waals surface area contributed by atoms with E-state index in [2.05, 4.69) is 0 Å². The topological polar surface area (TPSA) is 4.93 Å². The monoisotopic (exact) mass is 1350 g/mol. The zero-order chi connectivity index (χ0) is 70.0. The molecule has 0 aliphatic heterocycles. The summed E-state index contributed by atoms with van der Waals surface area (Å²) >= 11 is 0. The van der Waals surface area contributed by atoms with Crippen LogP contribution in [0.3, 0.4) is 0 Å². The molecular formula is C88H53F12N. The minimum absolute atomic E-state index is 0.0219. The molecule has 494 valence electrons. The summed E-state index contributed by atoms with van der Waals surface area (Å²) in [6.07, 6.45) is -19.7. The number of para-hydroxylation sites is 1. The van der Waals surface area contributed by atoms with Gasteiger partial charge >= 0.3 is 24.7 Å². The Morgan fingerprint density at radius 3 is 0.812 bits per heavy atom. The van der Waals surface area contributed by atoms with Crippen LogP contribution in [0.1, 0.15) is 22.3 Å². The normalized spacial score (nSPS) is 12.2. The summed E-state index contributed by atoms with van der Waals surface area (Å²) in [6.45, 7) is 0. The molecule has 1 heterocycles. The second-order valence-corrected chi connectivity index (χ2v) is 24.7. The van der Waals surface area contributed by atoms with Crippen molar-refractivity contribution in [1.29, 1.82) is 0 Å². The van der Waals surface area contributed by atoms with Crippen LogP contribution in [-0.4, -0.2) is 4.57 Å². The van der Waals surface area contributed by atoms with Crippen LogP contribution in [0.2, 0.25) is 0 Å². The molecular weight excluding hydrogens is 1300 g/mol. The molecule has 0 unspecified atom stereocenters. The van der Waals surface area contributed by atoms with Crippen LogP contribution >= 0.6 is 0 Å². The van der Waals surface area contributed by atoms with Crippen LogP contribution in [0.4, 0.5) is 52.7 Å². The lowest BCUT2D eigenvalue weighted by Gasteiger charge is -2.19. The van der Waals surface area contributed by atoms with Gasteiger partial charge in [-0.25, -0.2) is 0 Å². The molecule has 0 atom stereocenters. The highest BCUT2D eigenvalue weighted by atomic mass is 19.4. The lowest BCUT2D eigenvalue weighted by Crippen LogP contribution is -2.11. The molecule has 101 heavy (non-hydrogen) atoms. The maximum atomic E-state index is 15.0. The lowest BCUT2D eigenvalue weighted by molar-refractivity contribution is -0.143. The van der Waals surface area contributed by atoms with Gasteiger partial charge in [-0.15, -0.1) is 0 Å². The van der Waals surface area contributed by atoms with E-state index in [4.69, 9.17) is 0 Å². The Bertz CT molecular complexity index is 5340. The van der Waals surface area contributed by atoms with Gasteiger partial charge in [0.25, 0.3) is 0 Å². The molecule has 0 spiro atoms. The van der Waals surface area contributed by atoms with Crippen molar-refractivity contribution in [2.24, 2.45) is 0 Å². The summed E-state index contributed by atoms with van der Waals surface area (Å²) in [5, 5.41) is 1.18. The molecule has 0 radical (unpaired) electrons. The summed E-state index contributed by atoms with van der Waals surface area (Å²) in [6, 6.07) is 90.7. The highest BCUT2D eigenvalue weighted by Crippen LogP contribution is 2.49. The summed E-state index contributed by atoms with van der Waals surface area (Å²) in [4.78, 5) is 0. The zero-order valence-corrected chi connectivity index (χ0v) is 53.1. The van der Waals surface area contributed by atoms with Crippen molar-refractivity contribution in [3.05, 3.63) is 344 Å². The first-order valence-corrected chi connectivity index (χ1v) is 32.2. The number of aromatic nitrogens is 1. The molecule has 0 aliphatic carbocycles. The Kier molecular flexibility index (Phi) is 16.6. The van der Waals surface area contributed by atoms with Crippen molar-refractivity contribution in [3.8, 4) is 128 Å². The molecule has 13 heteroatoms. The minimum Gasteiger partial charge on any atom is -0.309 e. The van der Waals surface area contributed by atoms with E-state index in [0.717, 1.165) is 56.6 Å². The van der Waals surface area contributed by atoms with Crippen molar-refractivity contribution >= 4 is 21.8 Å². The molecule has 0 aliphatic rings. The van der Waals surface area contributed by atoms with E-state index in [0.29, 0.717) is 89.6 Å². The molecule has 0 N–H and O–H groups in total. The Balaban J connectivity index is 1.01. The second kappa shape index (κ2) is 25.7. The molecule has 0 fully saturated rings. The van der Waals surface area contributed by atoms with Gasteiger partial charge in [0.2, 0.25) is 0 Å². The van der Waals surface area contributed by atoms with E-state index in [1.54, 1.807) is 77.4 Å². The lowest BCUT2D eigenvalue weighted by atomic mass is 9.86. The maximum Gasteiger partial charge on any atom is 0.417 e. The van der Waals surface area contributed by atoms with Crippen molar-refractivity contribution < 1.29 is 52.7 Å². The number of alkyl halides is 12. The van der Waals surface area contributed by atoms with Crippen molar-refractivity contribution in [1.82, 2.24) is 4.57 Å². The smallest absolute Gasteiger partial charge is 0.309 e. The Labute approximate surface area is 572 Å². The fraction of sp³-hybridized carbons (Fsp3) is 0.0455. The van der Waals surface area contributed by atoms with Gasteiger partial charge in [-0.1, -0.05) is 224 Å². The number of fused-ring (bicyclic) bond motifs is 3. The van der Waals surface area contributed by atoms with Gasteiger partial charge in [-0.2, -0.15) is 52.7 Å². The molecule has 0 saturated carbocycles. The number of halogens is 12.